The van der Waals surface area contributed by atoms with Crippen molar-refractivity contribution in [3.05, 3.63) is 0 Å². The van der Waals surface area contributed by atoms with E-state index in [-0.39, 0.29) is 19.3 Å². The maximum atomic E-state index is 13.0. The molecule has 1 unspecified atom stereocenters. The van der Waals surface area contributed by atoms with Crippen LogP contribution in [-0.2, 0) is 4.74 Å². The van der Waals surface area contributed by atoms with Gasteiger partial charge in [-0.2, -0.15) is 0 Å². The molecule has 0 spiro atoms. The fraction of sp³-hybridized carbons (Fsp3) is 1.00. The van der Waals surface area contributed by atoms with Gasteiger partial charge in [0.25, 0.3) is 0 Å². The second kappa shape index (κ2) is 2.23. The fourth-order valence-electron chi connectivity index (χ4n) is 1.02. The Kier molecular flexibility index (Phi) is 1.73. The highest BCUT2D eigenvalue weighted by atomic mass is 19.1. The van der Waals surface area contributed by atoms with Gasteiger partial charge in [-0.25, -0.2) is 4.39 Å². The molecule has 1 aliphatic heterocycles. The Bertz CT molecular complexity index is 101. The second-order valence-corrected chi connectivity index (χ2v) is 2.83. The van der Waals surface area contributed by atoms with Gasteiger partial charge in [0.1, 0.15) is 0 Å². The van der Waals surface area contributed by atoms with E-state index in [1.165, 1.54) is 0 Å². The van der Waals surface area contributed by atoms with E-state index < -0.39 is 5.67 Å². The summed E-state index contributed by atoms with van der Waals surface area (Å²) in [4.78, 5) is 0. The number of hydrogen-bond acceptors (Lipinski definition) is 2. The van der Waals surface area contributed by atoms with Crippen LogP contribution in [0.4, 0.5) is 4.39 Å². The zero-order valence-corrected chi connectivity index (χ0v) is 5.56. The molecule has 3 heteroatoms. The smallest absolute Gasteiger partial charge is 0.158 e. The number of halogens is 1. The van der Waals surface area contributed by atoms with E-state index >= 15 is 0 Å². The number of alkyl halides is 1. The number of rotatable bonds is 2. The molecule has 0 amide bonds. The van der Waals surface area contributed by atoms with Crippen molar-refractivity contribution < 1.29 is 9.13 Å². The van der Waals surface area contributed by atoms with E-state index in [0.717, 1.165) is 0 Å². The lowest BCUT2D eigenvalue weighted by Crippen LogP contribution is -2.48. The predicted molar refractivity (Wildman–Crippen MR) is 32.9 cm³/mol. The summed E-state index contributed by atoms with van der Waals surface area (Å²) in [6.45, 7) is 2.27. The minimum Gasteiger partial charge on any atom is -0.375 e. The van der Waals surface area contributed by atoms with Crippen LogP contribution in [0.2, 0.25) is 0 Å². The van der Waals surface area contributed by atoms with Crippen molar-refractivity contribution in [1.29, 1.82) is 0 Å². The Morgan fingerprint density at radius 3 is 2.44 bits per heavy atom. The minimum absolute atomic E-state index is 0.0566. The molecule has 1 atom stereocenters. The van der Waals surface area contributed by atoms with Crippen molar-refractivity contribution in [2.75, 3.05) is 13.2 Å². The predicted octanol–water partition coefficient (Wildman–Crippen LogP) is 0.462. The standard InChI is InChI=1S/C6H12FNO/c1-5(8)2-6(7)3-9-4-6/h5H,2-4,8H2,1H3. The molecule has 0 aromatic heterocycles. The number of nitrogens with two attached hydrogens (primary N) is 1. The Hall–Kier alpha value is -0.150. The topological polar surface area (TPSA) is 35.2 Å². The Morgan fingerprint density at radius 1 is 1.78 bits per heavy atom. The maximum absolute atomic E-state index is 13.0. The third-order valence-corrected chi connectivity index (χ3v) is 1.41. The van der Waals surface area contributed by atoms with Crippen LogP contribution >= 0.6 is 0 Å². The van der Waals surface area contributed by atoms with Crippen molar-refractivity contribution >= 4 is 0 Å². The minimum atomic E-state index is -1.10. The maximum Gasteiger partial charge on any atom is 0.158 e. The van der Waals surface area contributed by atoms with Crippen molar-refractivity contribution in [3.63, 3.8) is 0 Å². The third-order valence-electron chi connectivity index (χ3n) is 1.41. The van der Waals surface area contributed by atoms with Crippen LogP contribution in [0, 0.1) is 0 Å². The Balaban J connectivity index is 2.24. The van der Waals surface area contributed by atoms with Crippen LogP contribution in [0.1, 0.15) is 13.3 Å². The molecule has 1 saturated heterocycles. The Labute approximate surface area is 54.2 Å². The van der Waals surface area contributed by atoms with Gasteiger partial charge < -0.3 is 10.5 Å². The molecule has 1 aliphatic rings. The van der Waals surface area contributed by atoms with Crippen LogP contribution in [-0.4, -0.2) is 24.9 Å². The highest BCUT2D eigenvalue weighted by Crippen LogP contribution is 2.26. The largest absolute Gasteiger partial charge is 0.375 e. The summed E-state index contributed by atoms with van der Waals surface area (Å²) in [6, 6.07) is -0.0566. The van der Waals surface area contributed by atoms with Gasteiger partial charge in [-0.15, -0.1) is 0 Å². The number of hydrogen-bond donors (Lipinski definition) is 1. The number of ether oxygens (including phenoxy) is 1. The van der Waals surface area contributed by atoms with Gasteiger partial charge in [-0.3, -0.25) is 0 Å². The fourth-order valence-corrected chi connectivity index (χ4v) is 1.02. The SMILES string of the molecule is CC(N)CC1(F)COC1. The molecular weight excluding hydrogens is 121 g/mol. The van der Waals surface area contributed by atoms with Crippen LogP contribution in [0.5, 0.6) is 0 Å². The summed E-state index contributed by atoms with van der Waals surface area (Å²) in [5, 5.41) is 0. The first kappa shape index (κ1) is 6.96. The average Bonchev–Trinajstić information content (AvgIpc) is 1.60. The van der Waals surface area contributed by atoms with Crippen LogP contribution < -0.4 is 5.73 Å². The van der Waals surface area contributed by atoms with E-state index in [9.17, 15) is 4.39 Å². The van der Waals surface area contributed by atoms with E-state index in [1.807, 2.05) is 0 Å². The van der Waals surface area contributed by atoms with Gasteiger partial charge in [0.05, 0.1) is 13.2 Å². The lowest BCUT2D eigenvalue weighted by molar-refractivity contribution is -0.135. The molecule has 2 nitrogen and oxygen atoms in total. The van der Waals surface area contributed by atoms with Gasteiger partial charge in [-0.05, 0) is 6.92 Å². The van der Waals surface area contributed by atoms with Crippen molar-refractivity contribution in [2.24, 2.45) is 5.73 Å². The lowest BCUT2D eigenvalue weighted by Gasteiger charge is -2.34. The molecule has 0 aliphatic carbocycles. The molecule has 1 rings (SSSR count). The summed E-state index contributed by atoms with van der Waals surface area (Å²) in [5.74, 6) is 0. The monoisotopic (exact) mass is 133 g/mol. The summed E-state index contributed by atoms with van der Waals surface area (Å²) in [5.41, 5.74) is 4.29. The highest BCUT2D eigenvalue weighted by Gasteiger charge is 2.39. The molecule has 0 aromatic rings. The molecule has 9 heavy (non-hydrogen) atoms. The lowest BCUT2D eigenvalue weighted by atomic mass is 9.96. The first-order chi connectivity index (χ1) is 4.12. The van der Waals surface area contributed by atoms with Gasteiger partial charge in [0.2, 0.25) is 0 Å². The van der Waals surface area contributed by atoms with Crippen molar-refractivity contribution in [3.8, 4) is 0 Å². The van der Waals surface area contributed by atoms with E-state index in [4.69, 9.17) is 10.5 Å². The second-order valence-electron chi connectivity index (χ2n) is 2.83. The van der Waals surface area contributed by atoms with E-state index in [2.05, 4.69) is 0 Å². The van der Waals surface area contributed by atoms with Crippen molar-refractivity contribution in [1.82, 2.24) is 0 Å². The third kappa shape index (κ3) is 1.63. The molecule has 1 heterocycles. The van der Waals surface area contributed by atoms with Crippen LogP contribution in [0.3, 0.4) is 0 Å². The molecule has 2 N–H and O–H groups in total. The highest BCUT2D eigenvalue weighted by molar-refractivity contribution is 4.88. The first-order valence-corrected chi connectivity index (χ1v) is 3.15. The molecule has 1 fully saturated rings. The molecular formula is C6H12FNO. The zero-order valence-electron chi connectivity index (χ0n) is 5.56. The quantitative estimate of drug-likeness (QED) is 0.594. The van der Waals surface area contributed by atoms with Crippen LogP contribution in [0.15, 0.2) is 0 Å². The van der Waals surface area contributed by atoms with Gasteiger partial charge >= 0.3 is 0 Å². The molecule has 0 radical (unpaired) electrons. The molecule has 0 saturated carbocycles. The van der Waals surface area contributed by atoms with Gasteiger partial charge in [0, 0.05) is 12.5 Å². The normalized spacial score (nSPS) is 27.0. The summed E-state index contributed by atoms with van der Waals surface area (Å²) in [6.07, 6.45) is 0.424. The summed E-state index contributed by atoms with van der Waals surface area (Å²) >= 11 is 0. The van der Waals surface area contributed by atoms with Crippen LogP contribution in [0.25, 0.3) is 0 Å². The Morgan fingerprint density at radius 2 is 2.33 bits per heavy atom. The van der Waals surface area contributed by atoms with E-state index in [0.29, 0.717) is 6.42 Å². The molecule has 0 aromatic carbocycles. The summed E-state index contributed by atoms with van der Waals surface area (Å²) < 4.78 is 17.7. The molecule has 0 bridgehead atoms. The molecule has 54 valence electrons. The van der Waals surface area contributed by atoms with E-state index in [1.54, 1.807) is 6.92 Å². The van der Waals surface area contributed by atoms with Crippen molar-refractivity contribution in [2.45, 2.75) is 25.1 Å². The summed E-state index contributed by atoms with van der Waals surface area (Å²) in [7, 11) is 0. The van der Waals surface area contributed by atoms with Gasteiger partial charge in [-0.1, -0.05) is 0 Å². The average molecular weight is 133 g/mol. The zero-order chi connectivity index (χ0) is 6.91. The first-order valence-electron chi connectivity index (χ1n) is 3.15. The van der Waals surface area contributed by atoms with Gasteiger partial charge in [0.15, 0.2) is 5.67 Å².